The van der Waals surface area contributed by atoms with Gasteiger partial charge in [-0.3, -0.25) is 14.4 Å². The molecule has 10 nitrogen and oxygen atoms in total. The molecule has 1 aliphatic rings. The van der Waals surface area contributed by atoms with Gasteiger partial charge < -0.3 is 29.4 Å². The van der Waals surface area contributed by atoms with Crippen LogP contribution in [-0.4, -0.2) is 48.4 Å². The number of nitrogens with two attached hydrogens (primary N) is 1. The van der Waals surface area contributed by atoms with Gasteiger partial charge in [0.05, 0.1) is 0 Å². The number of benzene rings is 1. The molecule has 2 N–H and O–H groups in total. The summed E-state index contributed by atoms with van der Waals surface area (Å²) in [6.07, 6.45) is 8.16. The van der Waals surface area contributed by atoms with Crippen molar-refractivity contribution in [2.75, 3.05) is 0 Å². The van der Waals surface area contributed by atoms with Gasteiger partial charge in [-0.15, -0.1) is 0 Å². The molecule has 1 saturated carbocycles. The Morgan fingerprint density at radius 2 is 1.38 bits per heavy atom. The van der Waals surface area contributed by atoms with Crippen LogP contribution >= 0.6 is 0 Å². The second-order valence-corrected chi connectivity index (χ2v) is 11.0. The summed E-state index contributed by atoms with van der Waals surface area (Å²) in [5.41, 5.74) is 6.73. The van der Waals surface area contributed by atoms with Gasteiger partial charge in [-0.05, 0) is 76.5 Å². The Bertz CT molecular complexity index is 1010. The largest absolute Gasteiger partial charge is 0.508 e. The van der Waals surface area contributed by atoms with E-state index in [9.17, 15) is 19.2 Å². The topological polar surface area (TPSA) is 140 Å². The van der Waals surface area contributed by atoms with Crippen molar-refractivity contribution in [3.05, 3.63) is 23.8 Å². The number of hydrogen-bond acceptors (Lipinski definition) is 10. The van der Waals surface area contributed by atoms with Crippen LogP contribution in [0, 0.1) is 0 Å². The van der Waals surface area contributed by atoms with E-state index in [1.165, 1.54) is 6.07 Å². The Balaban J connectivity index is 1.97. The van der Waals surface area contributed by atoms with Gasteiger partial charge in [0.25, 0.3) is 0 Å². The predicted molar refractivity (Wildman–Crippen MR) is 157 cm³/mol. The molecule has 1 aliphatic carbocycles. The minimum atomic E-state index is -1.04. The fourth-order valence-corrected chi connectivity index (χ4v) is 4.53. The third kappa shape index (κ3) is 13.2. The second-order valence-electron chi connectivity index (χ2n) is 11.0. The van der Waals surface area contributed by atoms with Crippen molar-refractivity contribution in [3.8, 4) is 11.5 Å². The van der Waals surface area contributed by atoms with Crippen LogP contribution in [0.2, 0.25) is 0 Å². The van der Waals surface area contributed by atoms with Gasteiger partial charge in [-0.1, -0.05) is 52.0 Å². The first-order valence-electron chi connectivity index (χ1n) is 15.5. The first kappa shape index (κ1) is 35.1. The summed E-state index contributed by atoms with van der Waals surface area (Å²) in [5, 5.41) is 0. The van der Waals surface area contributed by atoms with Crippen molar-refractivity contribution in [2.45, 2.75) is 142 Å². The zero-order valence-corrected chi connectivity index (χ0v) is 25.7. The van der Waals surface area contributed by atoms with Crippen molar-refractivity contribution in [1.29, 1.82) is 0 Å². The van der Waals surface area contributed by atoms with Crippen LogP contribution in [0.25, 0.3) is 0 Å². The lowest BCUT2D eigenvalue weighted by Crippen LogP contribution is -2.39. The summed E-state index contributed by atoms with van der Waals surface area (Å²) in [6, 6.07) is 3.71. The molecule has 1 aromatic carbocycles. The summed E-state index contributed by atoms with van der Waals surface area (Å²) in [7, 11) is 0. The molecule has 0 heterocycles. The molecular formula is C32H49NO9. The average molecular weight is 592 g/mol. The summed E-state index contributed by atoms with van der Waals surface area (Å²) in [5.74, 6) is -1.28. The van der Waals surface area contributed by atoms with Crippen molar-refractivity contribution in [2.24, 2.45) is 5.73 Å². The van der Waals surface area contributed by atoms with E-state index in [4.69, 9.17) is 29.4 Å². The molecule has 0 aromatic heterocycles. The molecule has 0 bridgehead atoms. The summed E-state index contributed by atoms with van der Waals surface area (Å²) in [4.78, 5) is 49.7. The van der Waals surface area contributed by atoms with Crippen LogP contribution < -0.4 is 15.2 Å². The van der Waals surface area contributed by atoms with E-state index >= 15 is 0 Å². The molecule has 0 aliphatic heterocycles. The normalized spacial score (nSPS) is 15.6. The van der Waals surface area contributed by atoms with E-state index in [0.717, 1.165) is 57.8 Å². The van der Waals surface area contributed by atoms with Gasteiger partial charge in [-0.2, -0.15) is 0 Å². The highest BCUT2D eigenvalue weighted by Gasteiger charge is 2.27. The first-order chi connectivity index (χ1) is 20.1. The SMILES string of the molecule is CCCCCC(=O)Oc1ccc(C[C@H](N)C(=O)O[C@@H](C)[C@H](C)OC(=O)OC2CCCCC2)cc1OC(=O)CCCCC. The molecular weight excluding hydrogens is 542 g/mol. The molecule has 3 atom stereocenters. The lowest BCUT2D eigenvalue weighted by molar-refractivity contribution is -0.156. The Hall–Kier alpha value is -3.14. The van der Waals surface area contributed by atoms with Crippen LogP contribution in [0.4, 0.5) is 4.79 Å². The molecule has 236 valence electrons. The molecule has 1 aromatic rings. The quantitative estimate of drug-likeness (QED) is 0.124. The minimum absolute atomic E-state index is 0.0790. The molecule has 0 radical (unpaired) electrons. The number of ether oxygens (including phenoxy) is 5. The Labute approximate surface area is 249 Å². The third-order valence-electron chi connectivity index (χ3n) is 7.24. The number of hydrogen-bond donors (Lipinski definition) is 1. The molecule has 0 unspecified atom stereocenters. The van der Waals surface area contributed by atoms with Crippen molar-refractivity contribution in [1.82, 2.24) is 0 Å². The monoisotopic (exact) mass is 591 g/mol. The van der Waals surface area contributed by atoms with E-state index in [1.807, 2.05) is 13.8 Å². The summed E-state index contributed by atoms with van der Waals surface area (Å²) < 4.78 is 27.2. The minimum Gasteiger partial charge on any atom is -0.458 e. The number of carbonyl (C=O) groups excluding carboxylic acids is 4. The number of rotatable bonds is 17. The van der Waals surface area contributed by atoms with E-state index in [-0.39, 0.29) is 36.9 Å². The number of esters is 3. The maximum Gasteiger partial charge on any atom is 0.508 e. The van der Waals surface area contributed by atoms with Gasteiger partial charge >= 0.3 is 24.1 Å². The van der Waals surface area contributed by atoms with Gasteiger partial charge in [0.2, 0.25) is 0 Å². The van der Waals surface area contributed by atoms with E-state index < -0.39 is 42.3 Å². The van der Waals surface area contributed by atoms with Gasteiger partial charge in [0, 0.05) is 12.8 Å². The Morgan fingerprint density at radius 1 is 0.810 bits per heavy atom. The van der Waals surface area contributed by atoms with Gasteiger partial charge in [0.15, 0.2) is 11.5 Å². The van der Waals surface area contributed by atoms with Gasteiger partial charge in [-0.25, -0.2) is 4.79 Å². The Morgan fingerprint density at radius 3 is 1.98 bits per heavy atom. The predicted octanol–water partition coefficient (Wildman–Crippen LogP) is 6.33. The van der Waals surface area contributed by atoms with Crippen LogP contribution in [0.5, 0.6) is 11.5 Å². The highest BCUT2D eigenvalue weighted by molar-refractivity contribution is 5.77. The van der Waals surface area contributed by atoms with Gasteiger partial charge in [0.1, 0.15) is 24.4 Å². The smallest absolute Gasteiger partial charge is 0.458 e. The Kier molecular flexibility index (Phi) is 16.0. The highest BCUT2D eigenvalue weighted by Crippen LogP contribution is 2.30. The van der Waals surface area contributed by atoms with E-state index in [1.54, 1.807) is 26.0 Å². The third-order valence-corrected chi connectivity index (χ3v) is 7.24. The fraction of sp³-hybridized carbons (Fsp3) is 0.688. The molecule has 0 spiro atoms. The van der Waals surface area contributed by atoms with Crippen LogP contribution in [0.3, 0.4) is 0 Å². The fourth-order valence-electron chi connectivity index (χ4n) is 4.53. The van der Waals surface area contributed by atoms with Crippen molar-refractivity contribution >= 4 is 24.1 Å². The molecule has 0 amide bonds. The van der Waals surface area contributed by atoms with Crippen molar-refractivity contribution < 1.29 is 42.9 Å². The standard InChI is InChI=1S/C32H49NO9/c1-5-7-10-16-29(34)41-27-19-18-24(21-28(27)42-30(35)17-11-8-6-2)20-26(33)31(36)38-22(3)23(4)39-32(37)40-25-14-12-9-13-15-25/h18-19,21-23,25-26H,5-17,20,33H2,1-4H3/t22-,23-,26-/m0/s1. The number of carbonyl (C=O) groups is 4. The van der Waals surface area contributed by atoms with E-state index in [0.29, 0.717) is 18.4 Å². The lowest BCUT2D eigenvalue weighted by Gasteiger charge is -2.25. The average Bonchev–Trinajstić information content (AvgIpc) is 2.95. The van der Waals surface area contributed by atoms with Crippen LogP contribution in [0.15, 0.2) is 18.2 Å². The lowest BCUT2D eigenvalue weighted by atomic mass is 9.98. The van der Waals surface area contributed by atoms with Crippen LogP contribution in [-0.2, 0) is 35.0 Å². The molecule has 0 saturated heterocycles. The summed E-state index contributed by atoms with van der Waals surface area (Å²) in [6.45, 7) is 7.32. The highest BCUT2D eigenvalue weighted by atomic mass is 16.7. The molecule has 1 fully saturated rings. The molecule has 2 rings (SSSR count). The van der Waals surface area contributed by atoms with E-state index in [2.05, 4.69) is 0 Å². The first-order valence-corrected chi connectivity index (χ1v) is 15.5. The van der Waals surface area contributed by atoms with Crippen LogP contribution in [0.1, 0.15) is 117 Å². The number of unbranched alkanes of at least 4 members (excludes halogenated alkanes) is 4. The molecule has 42 heavy (non-hydrogen) atoms. The maximum atomic E-state index is 12.7. The second kappa shape index (κ2) is 19.1. The molecule has 10 heteroatoms. The zero-order chi connectivity index (χ0) is 30.9. The maximum absolute atomic E-state index is 12.7. The van der Waals surface area contributed by atoms with Crippen molar-refractivity contribution in [3.63, 3.8) is 0 Å². The summed E-state index contributed by atoms with van der Waals surface area (Å²) >= 11 is 0. The zero-order valence-electron chi connectivity index (χ0n) is 25.7.